The molecule has 2 heterocycles. The van der Waals surface area contributed by atoms with Crippen molar-refractivity contribution in [3.05, 3.63) is 29.3 Å². The van der Waals surface area contributed by atoms with E-state index in [-0.39, 0.29) is 19.1 Å². The summed E-state index contributed by atoms with van der Waals surface area (Å²) < 4.78 is 11.3. The van der Waals surface area contributed by atoms with Crippen LogP contribution in [0.4, 0.5) is 5.69 Å². The topological polar surface area (TPSA) is 108 Å². The maximum Gasteiger partial charge on any atom is 0.261 e. The summed E-state index contributed by atoms with van der Waals surface area (Å²) in [7, 11) is 0. The number of aryl methyl sites for hydroxylation is 1. The summed E-state index contributed by atoms with van der Waals surface area (Å²) >= 11 is 0. The third kappa shape index (κ3) is 6.19. The van der Waals surface area contributed by atoms with E-state index in [2.05, 4.69) is 15.1 Å². The Morgan fingerprint density at radius 1 is 1.18 bits per heavy atom. The maximum absolute atomic E-state index is 13.0. The summed E-state index contributed by atoms with van der Waals surface area (Å²) in [4.78, 5) is 53.7. The molecule has 1 aromatic rings. The van der Waals surface area contributed by atoms with E-state index >= 15 is 0 Å². The fourth-order valence-electron chi connectivity index (χ4n) is 4.36. The second-order valence-corrected chi connectivity index (χ2v) is 8.41. The van der Waals surface area contributed by atoms with Gasteiger partial charge in [-0.1, -0.05) is 0 Å². The lowest BCUT2D eigenvalue weighted by Crippen LogP contribution is -2.54. The molecule has 34 heavy (non-hydrogen) atoms. The van der Waals surface area contributed by atoms with Crippen LogP contribution in [0.1, 0.15) is 42.6 Å². The van der Waals surface area contributed by atoms with Crippen LogP contribution in [0.3, 0.4) is 0 Å². The molecular formula is C24H34N4O6. The van der Waals surface area contributed by atoms with E-state index in [4.69, 9.17) is 9.47 Å². The molecule has 1 N–H and O–H groups in total. The zero-order valence-corrected chi connectivity index (χ0v) is 20.1. The van der Waals surface area contributed by atoms with Crippen molar-refractivity contribution in [2.75, 3.05) is 50.8 Å². The van der Waals surface area contributed by atoms with E-state index in [1.165, 1.54) is 0 Å². The van der Waals surface area contributed by atoms with Gasteiger partial charge in [0.1, 0.15) is 6.04 Å². The van der Waals surface area contributed by atoms with Crippen LogP contribution in [-0.4, -0.2) is 92.2 Å². The zero-order chi connectivity index (χ0) is 24.7. The van der Waals surface area contributed by atoms with Gasteiger partial charge < -0.3 is 14.4 Å². The van der Waals surface area contributed by atoms with Gasteiger partial charge in [0.25, 0.3) is 5.91 Å². The quantitative estimate of drug-likeness (QED) is 0.303. The van der Waals surface area contributed by atoms with Gasteiger partial charge in [-0.25, -0.2) is 0 Å². The van der Waals surface area contributed by atoms with Crippen molar-refractivity contribution in [1.29, 1.82) is 0 Å². The van der Waals surface area contributed by atoms with Gasteiger partial charge in [-0.3, -0.25) is 34.3 Å². The molecule has 1 unspecified atom stereocenters. The Kier molecular flexibility index (Phi) is 9.14. The van der Waals surface area contributed by atoms with Gasteiger partial charge >= 0.3 is 0 Å². The molecule has 2 aliphatic rings. The minimum atomic E-state index is -0.980. The molecule has 2 aliphatic heterocycles. The zero-order valence-electron chi connectivity index (χ0n) is 20.1. The van der Waals surface area contributed by atoms with E-state index in [9.17, 15) is 19.2 Å². The molecule has 10 nitrogen and oxygen atoms in total. The molecule has 0 radical (unpaired) electrons. The number of piperazine rings is 1. The van der Waals surface area contributed by atoms with Crippen LogP contribution < -0.4 is 10.2 Å². The van der Waals surface area contributed by atoms with Crippen LogP contribution >= 0.6 is 0 Å². The molecule has 3 rings (SSSR count). The first-order chi connectivity index (χ1) is 16.4. The van der Waals surface area contributed by atoms with Crippen molar-refractivity contribution in [1.82, 2.24) is 15.1 Å². The average molecular weight is 475 g/mol. The van der Waals surface area contributed by atoms with Crippen LogP contribution in [0.5, 0.6) is 0 Å². The van der Waals surface area contributed by atoms with Crippen molar-refractivity contribution < 1.29 is 28.7 Å². The van der Waals surface area contributed by atoms with Gasteiger partial charge in [0, 0.05) is 63.6 Å². The molecule has 0 saturated carbocycles. The van der Waals surface area contributed by atoms with Crippen molar-refractivity contribution in [2.45, 2.75) is 45.9 Å². The number of hydrogen-bond acceptors (Lipinski definition) is 8. The first kappa shape index (κ1) is 25.8. The number of piperidine rings is 1. The summed E-state index contributed by atoms with van der Waals surface area (Å²) in [6, 6.07) is 4.51. The maximum atomic E-state index is 13.0. The Morgan fingerprint density at radius 3 is 2.41 bits per heavy atom. The summed E-state index contributed by atoms with van der Waals surface area (Å²) in [6.07, 6.45) is 0.365. The highest BCUT2D eigenvalue weighted by molar-refractivity contribution is 6.07. The van der Waals surface area contributed by atoms with E-state index in [0.29, 0.717) is 25.2 Å². The van der Waals surface area contributed by atoms with Crippen LogP contribution in [0, 0.1) is 6.92 Å². The highest BCUT2D eigenvalue weighted by Gasteiger charge is 2.35. The lowest BCUT2D eigenvalue weighted by atomic mass is 10.0. The minimum absolute atomic E-state index is 0.0911. The number of amides is 4. The summed E-state index contributed by atoms with van der Waals surface area (Å²) in [6.45, 7) is 11.1. The van der Waals surface area contributed by atoms with Crippen molar-refractivity contribution in [3.63, 3.8) is 0 Å². The van der Waals surface area contributed by atoms with E-state index in [1.54, 1.807) is 6.07 Å². The number of benzene rings is 1. The van der Waals surface area contributed by atoms with Crippen molar-refractivity contribution >= 4 is 29.8 Å². The fourth-order valence-corrected chi connectivity index (χ4v) is 4.36. The number of imide groups is 2. The number of carbonyl (C=O) groups excluding carboxylic acids is 4. The summed E-state index contributed by atoms with van der Waals surface area (Å²) in [5.41, 5.74) is 2.07. The molecule has 1 aromatic carbocycles. The Balaban J connectivity index is 1.62. The van der Waals surface area contributed by atoms with E-state index in [0.717, 1.165) is 48.9 Å². The Morgan fingerprint density at radius 2 is 1.85 bits per heavy atom. The fraction of sp³-hybridized carbons (Fsp3) is 0.583. The van der Waals surface area contributed by atoms with Gasteiger partial charge in [0.05, 0.1) is 0 Å². The van der Waals surface area contributed by atoms with E-state index < -0.39 is 23.8 Å². The van der Waals surface area contributed by atoms with Crippen molar-refractivity contribution in [2.24, 2.45) is 0 Å². The number of ether oxygens (including phenoxy) is 2. The molecule has 186 valence electrons. The molecular weight excluding hydrogens is 440 g/mol. The molecule has 0 bridgehead atoms. The van der Waals surface area contributed by atoms with Crippen LogP contribution in [-0.2, 0) is 23.9 Å². The van der Waals surface area contributed by atoms with Gasteiger partial charge in [0.15, 0.2) is 6.29 Å². The van der Waals surface area contributed by atoms with Gasteiger partial charge in [-0.2, -0.15) is 0 Å². The Labute approximate surface area is 200 Å². The van der Waals surface area contributed by atoms with Crippen LogP contribution in [0.15, 0.2) is 18.2 Å². The van der Waals surface area contributed by atoms with Crippen LogP contribution in [0.2, 0.25) is 0 Å². The minimum Gasteiger partial charge on any atom is -0.369 e. The number of carbonyl (C=O) groups is 4. The lowest BCUT2D eigenvalue weighted by Gasteiger charge is -2.37. The smallest absolute Gasteiger partial charge is 0.261 e. The number of hydrogen-bond donors (Lipinski definition) is 1. The van der Waals surface area contributed by atoms with E-state index in [1.807, 2.05) is 32.9 Å². The third-order valence-electron chi connectivity index (χ3n) is 6.18. The molecule has 10 heteroatoms. The highest BCUT2D eigenvalue weighted by atomic mass is 16.7. The van der Waals surface area contributed by atoms with Gasteiger partial charge in [0.2, 0.25) is 18.2 Å². The highest BCUT2D eigenvalue weighted by Crippen LogP contribution is 2.23. The molecule has 0 aliphatic carbocycles. The molecule has 2 fully saturated rings. The molecule has 4 amide bonds. The number of rotatable bonds is 10. The summed E-state index contributed by atoms with van der Waals surface area (Å²) in [5, 5.41) is 2.19. The number of anilines is 1. The van der Waals surface area contributed by atoms with Gasteiger partial charge in [-0.15, -0.1) is 0 Å². The second-order valence-electron chi connectivity index (χ2n) is 8.41. The number of nitrogens with one attached hydrogen (secondary N) is 1. The van der Waals surface area contributed by atoms with Gasteiger partial charge in [-0.05, 0) is 51.0 Å². The predicted octanol–water partition coefficient (Wildman–Crippen LogP) is 0.920. The number of nitrogens with zero attached hydrogens (tertiary/aromatic N) is 3. The molecule has 1 atom stereocenters. The third-order valence-corrected chi connectivity index (χ3v) is 6.18. The lowest BCUT2D eigenvalue weighted by molar-refractivity contribution is -0.147. The Bertz CT molecular complexity index is 893. The van der Waals surface area contributed by atoms with Crippen molar-refractivity contribution in [3.8, 4) is 0 Å². The monoisotopic (exact) mass is 474 g/mol. The second kappa shape index (κ2) is 12.0. The first-order valence-electron chi connectivity index (χ1n) is 11.8. The standard InChI is InChI=1S/C24H34N4O6/c1-4-33-22(34-5-2)15-26-10-12-27(13-11-26)18-6-7-19(17(3)14-18)24(32)28(16-29)20-8-9-21(30)25-23(20)31/h6-7,14,16,20,22H,4-5,8-13,15H2,1-3H3,(H,25,30,31). The molecule has 2 saturated heterocycles. The first-order valence-corrected chi connectivity index (χ1v) is 11.8. The molecule has 0 spiro atoms. The Hall–Kier alpha value is -2.82. The molecule has 0 aromatic heterocycles. The van der Waals surface area contributed by atoms with Crippen LogP contribution in [0.25, 0.3) is 0 Å². The SMILES string of the molecule is CCOC(CN1CCN(c2ccc(C(=O)N(C=O)C3CCC(=O)NC3=O)c(C)c2)CC1)OCC. The average Bonchev–Trinajstić information content (AvgIpc) is 2.81. The summed E-state index contributed by atoms with van der Waals surface area (Å²) in [5.74, 6) is -1.57. The normalized spacial score (nSPS) is 19.3. The predicted molar refractivity (Wildman–Crippen MR) is 125 cm³/mol. The largest absolute Gasteiger partial charge is 0.369 e.